The number of imide groups is 1. The Balaban J connectivity index is 0.880. The number of nitrogens with zero attached hydrogens (tertiary/aromatic N) is 6. The van der Waals surface area contributed by atoms with Crippen molar-refractivity contribution in [2.45, 2.75) is 76.3 Å². The average molecular weight is 719 g/mol. The van der Waals surface area contributed by atoms with Gasteiger partial charge in [0.15, 0.2) is 0 Å². The van der Waals surface area contributed by atoms with Crippen LogP contribution in [0.15, 0.2) is 59.5 Å². The minimum absolute atomic E-state index is 0.220. The van der Waals surface area contributed by atoms with Crippen molar-refractivity contribution in [2.24, 2.45) is 13.0 Å². The maximum absolute atomic E-state index is 13.4. The van der Waals surface area contributed by atoms with E-state index in [2.05, 4.69) is 37.5 Å². The number of hydrogen-bond acceptors (Lipinski definition) is 8. The van der Waals surface area contributed by atoms with E-state index >= 15 is 0 Å². The predicted octanol–water partition coefficient (Wildman–Crippen LogP) is 5.24. The number of aromatic nitrogens is 5. The molecule has 13 heteroatoms. The number of amides is 3. The molecule has 13 nitrogen and oxygen atoms in total. The fourth-order valence-electron chi connectivity index (χ4n) is 8.79. The number of benzene rings is 2. The molecule has 1 saturated carbocycles. The number of nitrogens with one attached hydrogen (secondary N) is 2. The highest BCUT2D eigenvalue weighted by molar-refractivity contribution is 6.05. The topological polar surface area (TPSA) is 145 Å². The van der Waals surface area contributed by atoms with Crippen molar-refractivity contribution < 1.29 is 19.1 Å². The first kappa shape index (κ1) is 34.8. The number of hydrogen-bond donors (Lipinski definition) is 2. The molecule has 5 heterocycles. The van der Waals surface area contributed by atoms with Crippen LogP contribution in [0.4, 0.5) is 5.69 Å². The van der Waals surface area contributed by atoms with E-state index < -0.39 is 11.9 Å². The molecule has 3 amide bonds. The van der Waals surface area contributed by atoms with Crippen molar-refractivity contribution in [3.8, 4) is 5.75 Å². The van der Waals surface area contributed by atoms with Gasteiger partial charge in [-0.1, -0.05) is 18.2 Å². The summed E-state index contributed by atoms with van der Waals surface area (Å²) in [6.45, 7) is 4.96. The fourth-order valence-corrected chi connectivity index (χ4v) is 8.79. The third-order valence-electron chi connectivity index (χ3n) is 11.6. The Hall–Kier alpha value is -5.30. The van der Waals surface area contributed by atoms with Gasteiger partial charge in [-0.05, 0) is 107 Å². The minimum atomic E-state index is -0.679. The summed E-state index contributed by atoms with van der Waals surface area (Å²) >= 11 is 0. The number of anilines is 1. The molecule has 53 heavy (non-hydrogen) atoms. The Morgan fingerprint density at radius 3 is 2.49 bits per heavy atom. The first-order valence-corrected chi connectivity index (χ1v) is 18.7. The van der Waals surface area contributed by atoms with Crippen molar-refractivity contribution in [3.05, 3.63) is 82.2 Å². The van der Waals surface area contributed by atoms with Crippen molar-refractivity contribution in [2.75, 3.05) is 32.1 Å². The Kier molecular flexibility index (Phi) is 9.35. The highest BCUT2D eigenvalue weighted by Gasteiger charge is 2.33. The van der Waals surface area contributed by atoms with Crippen LogP contribution < -0.4 is 21.1 Å². The van der Waals surface area contributed by atoms with E-state index in [1.807, 2.05) is 43.3 Å². The number of rotatable bonds is 8. The molecule has 5 aromatic rings. The molecule has 1 aliphatic carbocycles. The third-order valence-corrected chi connectivity index (χ3v) is 11.6. The number of carbonyl (C=O) groups is 3. The van der Waals surface area contributed by atoms with Gasteiger partial charge in [-0.3, -0.25) is 33.5 Å². The van der Waals surface area contributed by atoms with Gasteiger partial charge >= 0.3 is 5.69 Å². The van der Waals surface area contributed by atoms with Crippen LogP contribution in [0.3, 0.4) is 0 Å². The van der Waals surface area contributed by atoms with Gasteiger partial charge in [0.1, 0.15) is 17.5 Å². The molecule has 1 unspecified atom stereocenters. The van der Waals surface area contributed by atoms with E-state index in [1.165, 1.54) is 0 Å². The Labute approximate surface area is 307 Å². The number of aryl methyl sites for hydroxylation is 2. The van der Waals surface area contributed by atoms with Crippen LogP contribution in [0.1, 0.15) is 91.1 Å². The minimum Gasteiger partial charge on any atom is -0.494 e. The molecule has 1 atom stereocenters. The molecule has 8 rings (SSSR count). The summed E-state index contributed by atoms with van der Waals surface area (Å²) in [5.74, 6) is 0.542. The van der Waals surface area contributed by atoms with Crippen LogP contribution in [0.5, 0.6) is 5.75 Å². The van der Waals surface area contributed by atoms with Crippen molar-refractivity contribution >= 4 is 45.3 Å². The van der Waals surface area contributed by atoms with Crippen molar-refractivity contribution in [1.82, 2.24) is 34.1 Å². The van der Waals surface area contributed by atoms with E-state index in [9.17, 15) is 19.2 Å². The zero-order chi connectivity index (χ0) is 36.8. The molecular formula is C40H46N8O5. The summed E-state index contributed by atoms with van der Waals surface area (Å²) in [7, 11) is 3.38. The summed E-state index contributed by atoms with van der Waals surface area (Å²) in [4.78, 5) is 57.8. The van der Waals surface area contributed by atoms with Crippen LogP contribution in [-0.4, -0.2) is 73.3 Å². The zero-order valence-electron chi connectivity index (χ0n) is 30.5. The van der Waals surface area contributed by atoms with E-state index in [1.54, 1.807) is 29.4 Å². The van der Waals surface area contributed by atoms with Crippen molar-refractivity contribution in [3.63, 3.8) is 0 Å². The summed E-state index contributed by atoms with van der Waals surface area (Å²) in [6, 6.07) is 14.9. The third kappa shape index (κ3) is 6.74. The number of ether oxygens (including phenoxy) is 1. The SMILES string of the molecule is COc1cc2nn(C3CCC(CN4CCC(c5cccc6c5n(C)c(=O)n6C5CCC(=O)NC5=O)CC4)CC3)cc2cc1NC(=O)c1cccc(C)n1. The lowest BCUT2D eigenvalue weighted by Crippen LogP contribution is -2.44. The molecule has 2 saturated heterocycles. The molecule has 0 radical (unpaired) electrons. The lowest BCUT2D eigenvalue weighted by Gasteiger charge is -2.37. The normalized spacial score (nSPS) is 21.6. The van der Waals surface area contributed by atoms with E-state index in [4.69, 9.17) is 9.84 Å². The van der Waals surface area contributed by atoms with Gasteiger partial charge in [0.25, 0.3) is 5.91 Å². The number of likely N-dealkylation sites (tertiary alicyclic amines) is 1. The quantitative estimate of drug-likeness (QED) is 0.207. The van der Waals surface area contributed by atoms with Gasteiger partial charge in [-0.15, -0.1) is 0 Å². The van der Waals surface area contributed by atoms with E-state index in [-0.39, 0.29) is 23.9 Å². The number of fused-ring (bicyclic) bond motifs is 2. The van der Waals surface area contributed by atoms with Gasteiger partial charge in [-0.25, -0.2) is 9.78 Å². The van der Waals surface area contributed by atoms with Gasteiger partial charge in [0.05, 0.1) is 35.4 Å². The molecule has 2 aliphatic heterocycles. The largest absolute Gasteiger partial charge is 0.494 e. The standard InChI is InChI=1S/C40H46N8O5/c1-24-6-4-8-30(41-24)38(50)42-32-20-27-23-47(44-31(27)21-35(32)53-3)28-12-10-25(11-13-28)22-46-18-16-26(17-19-46)29-7-5-9-33-37(29)45(2)40(52)48(33)34-14-15-36(49)43-39(34)51/h4-9,20-21,23,25-26,28,34H,10-19,22H2,1-3H3,(H,42,50)(H,43,49,51). The lowest BCUT2D eigenvalue weighted by atomic mass is 9.84. The van der Waals surface area contributed by atoms with Crippen LogP contribution in [0, 0.1) is 12.8 Å². The fraction of sp³-hybridized carbons (Fsp3) is 0.450. The predicted molar refractivity (Wildman–Crippen MR) is 201 cm³/mol. The maximum Gasteiger partial charge on any atom is 0.329 e. The van der Waals surface area contributed by atoms with Gasteiger partial charge in [-0.2, -0.15) is 5.10 Å². The van der Waals surface area contributed by atoms with Crippen LogP contribution in [0.25, 0.3) is 21.9 Å². The lowest BCUT2D eigenvalue weighted by molar-refractivity contribution is -0.135. The first-order chi connectivity index (χ1) is 25.7. The molecule has 0 bridgehead atoms. The first-order valence-electron chi connectivity index (χ1n) is 18.7. The second kappa shape index (κ2) is 14.3. The van der Waals surface area contributed by atoms with Crippen LogP contribution in [-0.2, 0) is 16.6 Å². The molecule has 0 spiro atoms. The number of methoxy groups -OCH3 is 1. The number of piperidine rings is 2. The van der Waals surface area contributed by atoms with E-state index in [0.717, 1.165) is 91.4 Å². The number of carbonyl (C=O) groups excluding carboxylic acids is 3. The Bertz CT molecular complexity index is 2270. The molecule has 2 aromatic carbocycles. The Morgan fingerprint density at radius 1 is 0.981 bits per heavy atom. The monoisotopic (exact) mass is 718 g/mol. The maximum atomic E-state index is 13.4. The smallest absolute Gasteiger partial charge is 0.329 e. The van der Waals surface area contributed by atoms with Crippen LogP contribution >= 0.6 is 0 Å². The second-order valence-corrected chi connectivity index (χ2v) is 15.0. The number of imidazole rings is 1. The van der Waals surface area contributed by atoms with Gasteiger partial charge in [0.2, 0.25) is 11.8 Å². The summed E-state index contributed by atoms with van der Waals surface area (Å²) in [6.07, 6.45) is 9.08. The molecule has 3 aliphatic rings. The molecular weight excluding hydrogens is 672 g/mol. The molecule has 276 valence electrons. The number of pyridine rings is 1. The summed E-state index contributed by atoms with van der Waals surface area (Å²) < 4.78 is 11.0. The molecule has 3 fully saturated rings. The summed E-state index contributed by atoms with van der Waals surface area (Å²) in [5.41, 5.74) is 5.16. The zero-order valence-corrected chi connectivity index (χ0v) is 30.5. The second-order valence-electron chi connectivity index (χ2n) is 15.0. The van der Waals surface area contributed by atoms with E-state index in [0.29, 0.717) is 41.4 Å². The van der Waals surface area contributed by atoms with Gasteiger partial charge < -0.3 is 15.0 Å². The highest BCUT2D eigenvalue weighted by atomic mass is 16.5. The molecule has 3 aromatic heterocycles. The number of para-hydroxylation sites is 1. The summed E-state index contributed by atoms with van der Waals surface area (Å²) in [5, 5.41) is 11.2. The average Bonchev–Trinajstić information content (AvgIpc) is 3.69. The highest BCUT2D eigenvalue weighted by Crippen LogP contribution is 2.38. The molecule has 2 N–H and O–H groups in total. The van der Waals surface area contributed by atoms with Gasteiger partial charge in [0, 0.05) is 43.4 Å². The Morgan fingerprint density at radius 2 is 1.75 bits per heavy atom. The van der Waals surface area contributed by atoms with Crippen molar-refractivity contribution in [1.29, 1.82) is 0 Å². The van der Waals surface area contributed by atoms with Crippen LogP contribution in [0.2, 0.25) is 0 Å².